The Bertz CT molecular complexity index is 421. The molecule has 1 unspecified atom stereocenters. The lowest BCUT2D eigenvalue weighted by Gasteiger charge is -2.12. The number of aromatic nitrogens is 3. The molecule has 7 heteroatoms. The van der Waals surface area contributed by atoms with Crippen LogP contribution in [0.15, 0.2) is 5.16 Å². The zero-order chi connectivity index (χ0) is 15.0. The monoisotopic (exact) mass is 299 g/mol. The van der Waals surface area contributed by atoms with Gasteiger partial charge in [0.1, 0.15) is 5.82 Å². The molecule has 0 saturated heterocycles. The van der Waals surface area contributed by atoms with Crippen molar-refractivity contribution in [2.45, 2.75) is 63.5 Å². The smallest absolute Gasteiger partial charge is 0.233 e. The van der Waals surface area contributed by atoms with Crippen LogP contribution in [0.3, 0.4) is 0 Å². The van der Waals surface area contributed by atoms with E-state index in [2.05, 4.69) is 29.4 Å². The predicted molar refractivity (Wildman–Crippen MR) is 81.4 cm³/mol. The first-order valence-corrected chi connectivity index (χ1v) is 8.08. The van der Waals surface area contributed by atoms with Gasteiger partial charge in [0.15, 0.2) is 5.16 Å². The number of rotatable bonds is 9. The summed E-state index contributed by atoms with van der Waals surface area (Å²) < 4.78 is 2.00. The second kappa shape index (κ2) is 8.97. The number of hydrogen-bond donors (Lipinski definition) is 2. The normalized spacial score (nSPS) is 12.4. The number of nitrogens with zero attached hydrogens (tertiary/aromatic N) is 3. The van der Waals surface area contributed by atoms with E-state index in [1.807, 2.05) is 11.5 Å². The van der Waals surface area contributed by atoms with E-state index in [1.54, 1.807) is 0 Å². The molecular formula is C13H25N5OS. The van der Waals surface area contributed by atoms with Gasteiger partial charge in [-0.2, -0.15) is 0 Å². The van der Waals surface area contributed by atoms with Gasteiger partial charge in [0.2, 0.25) is 5.91 Å². The SMILES string of the molecule is CCCCNC(=O)C(C)Sc1nnc(CN)n1CCC. The Kier molecular flexibility index (Phi) is 7.61. The molecule has 6 nitrogen and oxygen atoms in total. The van der Waals surface area contributed by atoms with Crippen LogP contribution in [0.5, 0.6) is 0 Å². The Hall–Kier alpha value is -1.08. The van der Waals surface area contributed by atoms with Gasteiger partial charge in [0, 0.05) is 13.1 Å². The van der Waals surface area contributed by atoms with Gasteiger partial charge in [0.25, 0.3) is 0 Å². The summed E-state index contributed by atoms with van der Waals surface area (Å²) in [5, 5.41) is 11.7. The molecule has 20 heavy (non-hydrogen) atoms. The highest BCUT2D eigenvalue weighted by molar-refractivity contribution is 8.00. The van der Waals surface area contributed by atoms with Crippen LogP contribution in [-0.4, -0.2) is 32.5 Å². The van der Waals surface area contributed by atoms with Gasteiger partial charge < -0.3 is 15.6 Å². The molecule has 3 N–H and O–H groups in total. The Balaban J connectivity index is 2.62. The van der Waals surface area contributed by atoms with Crippen LogP contribution in [0.1, 0.15) is 45.9 Å². The molecule has 0 fully saturated rings. The molecule has 0 aliphatic rings. The standard InChI is InChI=1S/C13H25N5OS/c1-4-6-7-15-12(19)10(3)20-13-17-16-11(9-14)18(13)8-5-2/h10H,4-9,14H2,1-3H3,(H,15,19). The quantitative estimate of drug-likeness (QED) is 0.533. The Morgan fingerprint density at radius 2 is 2.15 bits per heavy atom. The van der Waals surface area contributed by atoms with Gasteiger partial charge in [-0.25, -0.2) is 0 Å². The highest BCUT2D eigenvalue weighted by atomic mass is 32.2. The molecule has 1 aromatic rings. The molecule has 0 spiro atoms. The van der Waals surface area contributed by atoms with Crippen LogP contribution in [0.4, 0.5) is 0 Å². The number of nitrogens with one attached hydrogen (secondary N) is 1. The topological polar surface area (TPSA) is 85.8 Å². The van der Waals surface area contributed by atoms with Crippen molar-refractivity contribution in [3.63, 3.8) is 0 Å². The first-order chi connectivity index (χ1) is 9.63. The summed E-state index contributed by atoms with van der Waals surface area (Å²) in [6.07, 6.45) is 3.06. The molecule has 1 atom stereocenters. The molecule has 0 aliphatic carbocycles. The van der Waals surface area contributed by atoms with Gasteiger partial charge >= 0.3 is 0 Å². The van der Waals surface area contributed by atoms with E-state index >= 15 is 0 Å². The number of nitrogens with two attached hydrogens (primary N) is 1. The molecule has 0 aromatic carbocycles. The van der Waals surface area contributed by atoms with Crippen molar-refractivity contribution in [3.05, 3.63) is 5.82 Å². The maximum absolute atomic E-state index is 12.0. The second-order valence-corrected chi connectivity index (χ2v) is 5.97. The molecule has 0 radical (unpaired) electrons. The molecular weight excluding hydrogens is 274 g/mol. The van der Waals surface area contributed by atoms with Gasteiger partial charge in [-0.15, -0.1) is 10.2 Å². The van der Waals surface area contributed by atoms with E-state index in [1.165, 1.54) is 11.8 Å². The maximum Gasteiger partial charge on any atom is 0.233 e. The Morgan fingerprint density at radius 3 is 2.75 bits per heavy atom. The minimum Gasteiger partial charge on any atom is -0.355 e. The molecule has 1 heterocycles. The Labute approximate surface area is 124 Å². The van der Waals surface area contributed by atoms with Crippen LogP contribution in [0, 0.1) is 0 Å². The lowest BCUT2D eigenvalue weighted by atomic mass is 10.3. The van der Waals surface area contributed by atoms with E-state index in [0.717, 1.165) is 43.3 Å². The average Bonchev–Trinajstić information content (AvgIpc) is 2.81. The van der Waals surface area contributed by atoms with E-state index in [0.29, 0.717) is 6.54 Å². The summed E-state index contributed by atoms with van der Waals surface area (Å²) in [5.41, 5.74) is 5.65. The van der Waals surface area contributed by atoms with Gasteiger partial charge in [-0.3, -0.25) is 4.79 Å². The summed E-state index contributed by atoms with van der Waals surface area (Å²) >= 11 is 1.43. The fourth-order valence-electron chi connectivity index (χ4n) is 1.75. The van der Waals surface area contributed by atoms with Gasteiger partial charge in [0.05, 0.1) is 11.8 Å². The fraction of sp³-hybridized carbons (Fsp3) is 0.769. The van der Waals surface area contributed by atoms with Gasteiger partial charge in [-0.1, -0.05) is 32.0 Å². The van der Waals surface area contributed by atoms with Crippen molar-refractivity contribution in [2.24, 2.45) is 5.73 Å². The van der Waals surface area contributed by atoms with Crippen molar-refractivity contribution in [1.82, 2.24) is 20.1 Å². The number of thioether (sulfide) groups is 1. The maximum atomic E-state index is 12.0. The van der Waals surface area contributed by atoms with Crippen LogP contribution in [0.25, 0.3) is 0 Å². The van der Waals surface area contributed by atoms with Crippen molar-refractivity contribution in [1.29, 1.82) is 0 Å². The molecule has 1 aromatic heterocycles. The molecule has 114 valence electrons. The molecule has 1 amide bonds. The van der Waals surface area contributed by atoms with Crippen molar-refractivity contribution >= 4 is 17.7 Å². The number of hydrogen-bond acceptors (Lipinski definition) is 5. The fourth-order valence-corrected chi connectivity index (χ4v) is 2.67. The third-order valence-electron chi connectivity index (χ3n) is 2.90. The summed E-state index contributed by atoms with van der Waals surface area (Å²) in [5.74, 6) is 0.816. The van der Waals surface area contributed by atoms with E-state index < -0.39 is 0 Å². The number of unbranched alkanes of at least 4 members (excludes halogenated alkanes) is 1. The lowest BCUT2D eigenvalue weighted by molar-refractivity contribution is -0.120. The minimum absolute atomic E-state index is 0.0452. The van der Waals surface area contributed by atoms with Gasteiger partial charge in [-0.05, 0) is 19.8 Å². The summed E-state index contributed by atoms with van der Waals surface area (Å²) in [6, 6.07) is 0. The molecule has 1 rings (SSSR count). The average molecular weight is 299 g/mol. The highest BCUT2D eigenvalue weighted by Crippen LogP contribution is 2.22. The second-order valence-electron chi connectivity index (χ2n) is 4.66. The lowest BCUT2D eigenvalue weighted by Crippen LogP contribution is -2.31. The van der Waals surface area contributed by atoms with E-state index in [-0.39, 0.29) is 11.2 Å². The third-order valence-corrected chi connectivity index (χ3v) is 3.98. The van der Waals surface area contributed by atoms with Crippen molar-refractivity contribution in [2.75, 3.05) is 6.54 Å². The summed E-state index contributed by atoms with van der Waals surface area (Å²) in [7, 11) is 0. The summed E-state index contributed by atoms with van der Waals surface area (Å²) in [6.45, 7) is 8.01. The van der Waals surface area contributed by atoms with E-state index in [9.17, 15) is 4.79 Å². The molecule has 0 bridgehead atoms. The largest absolute Gasteiger partial charge is 0.355 e. The Morgan fingerprint density at radius 1 is 1.40 bits per heavy atom. The first-order valence-electron chi connectivity index (χ1n) is 7.20. The third kappa shape index (κ3) is 4.79. The number of amides is 1. The number of carbonyl (C=O) groups is 1. The zero-order valence-electron chi connectivity index (χ0n) is 12.6. The first kappa shape index (κ1) is 17.0. The summed E-state index contributed by atoms with van der Waals surface area (Å²) in [4.78, 5) is 12.0. The predicted octanol–water partition coefficient (Wildman–Crippen LogP) is 1.54. The van der Waals surface area contributed by atoms with Crippen molar-refractivity contribution < 1.29 is 4.79 Å². The number of carbonyl (C=O) groups excluding carboxylic acids is 1. The minimum atomic E-state index is -0.183. The van der Waals surface area contributed by atoms with Crippen LogP contribution in [0.2, 0.25) is 0 Å². The molecule has 0 saturated carbocycles. The van der Waals surface area contributed by atoms with Crippen LogP contribution in [-0.2, 0) is 17.9 Å². The van der Waals surface area contributed by atoms with Crippen LogP contribution < -0.4 is 11.1 Å². The van der Waals surface area contributed by atoms with Crippen molar-refractivity contribution in [3.8, 4) is 0 Å². The highest BCUT2D eigenvalue weighted by Gasteiger charge is 2.19. The zero-order valence-corrected chi connectivity index (χ0v) is 13.4. The van der Waals surface area contributed by atoms with E-state index in [4.69, 9.17) is 5.73 Å². The molecule has 0 aliphatic heterocycles. The van der Waals surface area contributed by atoms with Crippen LogP contribution >= 0.6 is 11.8 Å².